The molecule has 0 spiro atoms. The fourth-order valence-electron chi connectivity index (χ4n) is 2.29. The van der Waals surface area contributed by atoms with E-state index in [1.807, 2.05) is 60.7 Å². The summed E-state index contributed by atoms with van der Waals surface area (Å²) in [6.45, 7) is 0.975. The minimum Gasteiger partial charge on any atom is -0.390 e. The van der Waals surface area contributed by atoms with E-state index < -0.39 is 6.10 Å². The molecule has 0 heterocycles. The third-order valence-electron chi connectivity index (χ3n) is 3.35. The van der Waals surface area contributed by atoms with Gasteiger partial charge in [0.2, 0.25) is 0 Å². The highest BCUT2D eigenvalue weighted by Gasteiger charge is 2.22. The number of ether oxygens (including phenoxy) is 2. The van der Waals surface area contributed by atoms with Crippen LogP contribution in [0.3, 0.4) is 0 Å². The molecular weight excluding hydrogens is 264 g/mol. The van der Waals surface area contributed by atoms with Crippen LogP contribution >= 0.6 is 0 Å². The van der Waals surface area contributed by atoms with Crippen molar-refractivity contribution < 1.29 is 14.6 Å². The van der Waals surface area contributed by atoms with Gasteiger partial charge in [0, 0.05) is 13.5 Å². The standard InChI is InChI=1S/C18H22O3/c1-20-12-13-21-18(16-10-6-3-7-11-16)17(19)14-15-8-4-2-5-9-15/h2-11,17-19H,12-14H2,1H3. The van der Waals surface area contributed by atoms with Gasteiger partial charge in [0.15, 0.2) is 0 Å². The Hall–Kier alpha value is -1.68. The zero-order chi connectivity index (χ0) is 14.9. The number of methoxy groups -OCH3 is 1. The number of benzene rings is 2. The second kappa shape index (κ2) is 8.57. The van der Waals surface area contributed by atoms with Gasteiger partial charge in [-0.25, -0.2) is 0 Å². The summed E-state index contributed by atoms with van der Waals surface area (Å²) in [5, 5.41) is 10.5. The van der Waals surface area contributed by atoms with Crippen LogP contribution in [0.5, 0.6) is 0 Å². The molecule has 0 aliphatic carbocycles. The minimum absolute atomic E-state index is 0.346. The molecule has 3 heteroatoms. The van der Waals surface area contributed by atoms with E-state index in [1.165, 1.54) is 0 Å². The largest absolute Gasteiger partial charge is 0.390 e. The van der Waals surface area contributed by atoms with Gasteiger partial charge in [-0.2, -0.15) is 0 Å². The molecule has 1 N–H and O–H groups in total. The maximum absolute atomic E-state index is 10.5. The van der Waals surface area contributed by atoms with Crippen LogP contribution < -0.4 is 0 Å². The Morgan fingerprint density at radius 3 is 2.14 bits per heavy atom. The lowest BCUT2D eigenvalue weighted by molar-refractivity contribution is -0.0532. The summed E-state index contributed by atoms with van der Waals surface area (Å²) < 4.78 is 10.8. The summed E-state index contributed by atoms with van der Waals surface area (Å²) in [5.74, 6) is 0. The molecular formula is C18H22O3. The maximum Gasteiger partial charge on any atom is 0.109 e. The number of hydrogen-bond acceptors (Lipinski definition) is 3. The molecule has 0 radical (unpaired) electrons. The van der Waals surface area contributed by atoms with Crippen molar-refractivity contribution in [2.45, 2.75) is 18.6 Å². The third kappa shape index (κ3) is 4.97. The Bertz CT molecular complexity index is 498. The first-order chi connectivity index (χ1) is 10.3. The predicted octanol–water partition coefficient (Wildman–Crippen LogP) is 2.99. The van der Waals surface area contributed by atoms with E-state index in [4.69, 9.17) is 9.47 Å². The topological polar surface area (TPSA) is 38.7 Å². The molecule has 21 heavy (non-hydrogen) atoms. The SMILES string of the molecule is COCCOC(c1ccccc1)C(O)Cc1ccccc1. The van der Waals surface area contributed by atoms with E-state index in [2.05, 4.69) is 0 Å². The zero-order valence-electron chi connectivity index (χ0n) is 12.3. The highest BCUT2D eigenvalue weighted by Crippen LogP contribution is 2.23. The van der Waals surface area contributed by atoms with Crippen LogP contribution in [0.2, 0.25) is 0 Å². The molecule has 2 atom stereocenters. The van der Waals surface area contributed by atoms with Crippen LogP contribution in [0.4, 0.5) is 0 Å². The van der Waals surface area contributed by atoms with Crippen molar-refractivity contribution in [2.24, 2.45) is 0 Å². The predicted molar refractivity (Wildman–Crippen MR) is 83.2 cm³/mol. The maximum atomic E-state index is 10.5. The van der Waals surface area contributed by atoms with Crippen LogP contribution in [-0.2, 0) is 15.9 Å². The van der Waals surface area contributed by atoms with Gasteiger partial charge in [-0.15, -0.1) is 0 Å². The quantitative estimate of drug-likeness (QED) is 0.758. The lowest BCUT2D eigenvalue weighted by atomic mass is 9.98. The van der Waals surface area contributed by atoms with Gasteiger partial charge in [-0.3, -0.25) is 0 Å². The van der Waals surface area contributed by atoms with Crippen molar-refractivity contribution in [1.82, 2.24) is 0 Å². The first-order valence-electron chi connectivity index (χ1n) is 7.18. The van der Waals surface area contributed by atoms with Crippen molar-refractivity contribution in [2.75, 3.05) is 20.3 Å². The Balaban J connectivity index is 2.07. The molecule has 2 unspecified atom stereocenters. The van der Waals surface area contributed by atoms with Crippen molar-refractivity contribution in [3.05, 3.63) is 71.8 Å². The second-order valence-electron chi connectivity index (χ2n) is 4.95. The van der Waals surface area contributed by atoms with Crippen molar-refractivity contribution in [1.29, 1.82) is 0 Å². The van der Waals surface area contributed by atoms with Gasteiger partial charge in [-0.1, -0.05) is 60.7 Å². The van der Waals surface area contributed by atoms with E-state index in [9.17, 15) is 5.11 Å². The van der Waals surface area contributed by atoms with Crippen molar-refractivity contribution >= 4 is 0 Å². The third-order valence-corrected chi connectivity index (χ3v) is 3.35. The molecule has 2 rings (SSSR count). The van der Waals surface area contributed by atoms with Gasteiger partial charge in [-0.05, 0) is 11.1 Å². The summed E-state index contributed by atoms with van der Waals surface area (Å²) in [4.78, 5) is 0. The summed E-state index contributed by atoms with van der Waals surface area (Å²) in [5.41, 5.74) is 2.08. The van der Waals surface area contributed by atoms with Crippen LogP contribution in [0.25, 0.3) is 0 Å². The first kappa shape index (κ1) is 15.7. The van der Waals surface area contributed by atoms with E-state index >= 15 is 0 Å². The van der Waals surface area contributed by atoms with Gasteiger partial charge in [0.05, 0.1) is 19.3 Å². The highest BCUT2D eigenvalue weighted by atomic mass is 16.5. The monoisotopic (exact) mass is 286 g/mol. The fraction of sp³-hybridized carbons (Fsp3) is 0.333. The van der Waals surface area contributed by atoms with E-state index in [1.54, 1.807) is 7.11 Å². The molecule has 112 valence electrons. The normalized spacial score (nSPS) is 13.8. The molecule has 0 saturated heterocycles. The van der Waals surface area contributed by atoms with E-state index in [0.29, 0.717) is 19.6 Å². The molecule has 2 aromatic rings. The van der Waals surface area contributed by atoms with Crippen LogP contribution in [0, 0.1) is 0 Å². The number of aliphatic hydroxyl groups excluding tert-OH is 1. The molecule has 0 aromatic heterocycles. The molecule has 0 saturated carbocycles. The molecule has 2 aromatic carbocycles. The van der Waals surface area contributed by atoms with Crippen molar-refractivity contribution in [3.63, 3.8) is 0 Å². The summed E-state index contributed by atoms with van der Waals surface area (Å²) >= 11 is 0. The van der Waals surface area contributed by atoms with Crippen LogP contribution in [0.15, 0.2) is 60.7 Å². The summed E-state index contributed by atoms with van der Waals surface area (Å²) in [7, 11) is 1.64. The lowest BCUT2D eigenvalue weighted by Crippen LogP contribution is -2.25. The zero-order valence-corrected chi connectivity index (χ0v) is 12.3. The number of aliphatic hydroxyl groups is 1. The molecule has 0 fully saturated rings. The summed E-state index contributed by atoms with van der Waals surface area (Å²) in [6, 6.07) is 19.8. The fourth-order valence-corrected chi connectivity index (χ4v) is 2.29. The number of rotatable bonds is 8. The average Bonchev–Trinajstić information content (AvgIpc) is 2.53. The molecule has 0 aliphatic rings. The van der Waals surface area contributed by atoms with Gasteiger partial charge >= 0.3 is 0 Å². The summed E-state index contributed by atoms with van der Waals surface area (Å²) in [6.07, 6.45) is -0.374. The first-order valence-corrected chi connectivity index (χ1v) is 7.18. The lowest BCUT2D eigenvalue weighted by Gasteiger charge is -2.24. The highest BCUT2D eigenvalue weighted by molar-refractivity contribution is 5.21. The Labute approximate surface area is 126 Å². The molecule has 3 nitrogen and oxygen atoms in total. The second-order valence-corrected chi connectivity index (χ2v) is 4.95. The Kier molecular flexibility index (Phi) is 6.41. The molecule has 0 bridgehead atoms. The van der Waals surface area contributed by atoms with Gasteiger partial charge < -0.3 is 14.6 Å². The van der Waals surface area contributed by atoms with Gasteiger partial charge in [0.25, 0.3) is 0 Å². The molecule has 0 aliphatic heterocycles. The average molecular weight is 286 g/mol. The molecule has 0 amide bonds. The smallest absolute Gasteiger partial charge is 0.109 e. The van der Waals surface area contributed by atoms with Crippen LogP contribution in [0.1, 0.15) is 17.2 Å². The van der Waals surface area contributed by atoms with E-state index in [-0.39, 0.29) is 6.10 Å². The van der Waals surface area contributed by atoms with Crippen molar-refractivity contribution in [3.8, 4) is 0 Å². The Morgan fingerprint density at radius 1 is 0.905 bits per heavy atom. The van der Waals surface area contributed by atoms with Gasteiger partial charge in [0.1, 0.15) is 6.10 Å². The number of hydrogen-bond donors (Lipinski definition) is 1. The Morgan fingerprint density at radius 2 is 1.52 bits per heavy atom. The van der Waals surface area contributed by atoms with Crippen LogP contribution in [-0.4, -0.2) is 31.5 Å². The minimum atomic E-state index is -0.591. The van der Waals surface area contributed by atoms with E-state index in [0.717, 1.165) is 11.1 Å².